The number of para-hydroxylation sites is 1. The summed E-state index contributed by atoms with van der Waals surface area (Å²) in [4.78, 5) is 28.0. The second kappa shape index (κ2) is 6.67. The molecule has 0 saturated carbocycles. The molecule has 0 radical (unpaired) electrons. The molecule has 0 aliphatic carbocycles. The summed E-state index contributed by atoms with van der Waals surface area (Å²) >= 11 is 0. The average Bonchev–Trinajstić information content (AvgIpc) is 3.35. The van der Waals surface area contributed by atoms with E-state index in [1.165, 1.54) is 0 Å². The number of amides is 1. The van der Waals surface area contributed by atoms with Gasteiger partial charge in [-0.25, -0.2) is 0 Å². The Morgan fingerprint density at radius 2 is 1.90 bits per heavy atom. The van der Waals surface area contributed by atoms with Gasteiger partial charge in [0.25, 0.3) is 5.91 Å². The first-order chi connectivity index (χ1) is 14.2. The van der Waals surface area contributed by atoms with Gasteiger partial charge in [0.15, 0.2) is 0 Å². The van der Waals surface area contributed by atoms with Gasteiger partial charge in [-0.2, -0.15) is 0 Å². The van der Waals surface area contributed by atoms with Crippen LogP contribution in [-0.4, -0.2) is 17.9 Å². The summed E-state index contributed by atoms with van der Waals surface area (Å²) in [6.07, 6.45) is 1.56. The molecule has 1 unspecified atom stereocenters. The molecular weight excluding hydrogens is 370 g/mol. The maximum Gasteiger partial charge on any atom is 0.262 e. The quantitative estimate of drug-likeness (QED) is 0.526. The third-order valence-corrected chi connectivity index (χ3v) is 5.18. The van der Waals surface area contributed by atoms with Crippen molar-refractivity contribution in [1.82, 2.24) is 4.90 Å². The van der Waals surface area contributed by atoms with Gasteiger partial charge >= 0.3 is 0 Å². The zero-order chi connectivity index (χ0) is 20.0. The molecule has 1 amide bonds. The number of fused-ring (bicyclic) bond motifs is 2. The number of ether oxygens (including phenoxy) is 1. The van der Waals surface area contributed by atoms with E-state index in [4.69, 9.17) is 13.6 Å². The van der Waals surface area contributed by atoms with Crippen molar-refractivity contribution < 1.29 is 18.4 Å². The fourth-order valence-electron chi connectivity index (χ4n) is 3.83. The highest BCUT2D eigenvalue weighted by atomic mass is 16.5. The molecule has 0 bridgehead atoms. The van der Waals surface area contributed by atoms with Gasteiger partial charge in [-0.05, 0) is 42.0 Å². The van der Waals surface area contributed by atoms with Crippen molar-refractivity contribution in [2.45, 2.75) is 12.6 Å². The molecule has 1 atom stereocenters. The average molecular weight is 387 g/mol. The first-order valence-electron chi connectivity index (χ1n) is 9.20. The number of hydrogen-bond donors (Lipinski definition) is 0. The molecule has 0 saturated heterocycles. The second-order valence-corrected chi connectivity index (χ2v) is 6.86. The van der Waals surface area contributed by atoms with E-state index in [1.807, 2.05) is 24.3 Å². The van der Waals surface area contributed by atoms with E-state index in [-0.39, 0.29) is 23.4 Å². The molecule has 3 heterocycles. The predicted molar refractivity (Wildman–Crippen MR) is 106 cm³/mol. The van der Waals surface area contributed by atoms with E-state index in [0.717, 1.165) is 5.56 Å². The first kappa shape index (κ1) is 17.3. The third kappa shape index (κ3) is 2.72. The molecule has 2 aromatic carbocycles. The Morgan fingerprint density at radius 3 is 2.69 bits per heavy atom. The van der Waals surface area contributed by atoms with Crippen molar-refractivity contribution in [1.29, 1.82) is 0 Å². The lowest BCUT2D eigenvalue weighted by Crippen LogP contribution is -2.29. The molecule has 0 spiro atoms. The van der Waals surface area contributed by atoms with Crippen molar-refractivity contribution in [3.8, 4) is 5.75 Å². The monoisotopic (exact) mass is 387 g/mol. The van der Waals surface area contributed by atoms with Crippen molar-refractivity contribution >= 4 is 16.9 Å². The van der Waals surface area contributed by atoms with Crippen LogP contribution in [0, 0.1) is 0 Å². The number of benzene rings is 2. The molecule has 5 rings (SSSR count). The van der Waals surface area contributed by atoms with Crippen LogP contribution >= 0.6 is 0 Å². The van der Waals surface area contributed by atoms with Gasteiger partial charge in [0.1, 0.15) is 34.5 Å². The van der Waals surface area contributed by atoms with E-state index in [0.29, 0.717) is 28.2 Å². The van der Waals surface area contributed by atoms with Gasteiger partial charge < -0.3 is 18.5 Å². The van der Waals surface area contributed by atoms with Crippen LogP contribution in [-0.2, 0) is 6.54 Å². The Bertz CT molecular complexity index is 1270. The Morgan fingerprint density at radius 1 is 1.03 bits per heavy atom. The molecule has 144 valence electrons. The number of carbonyl (C=O) groups is 1. The number of methoxy groups -OCH3 is 1. The zero-order valence-corrected chi connectivity index (χ0v) is 15.6. The van der Waals surface area contributed by atoms with E-state index >= 15 is 0 Å². The van der Waals surface area contributed by atoms with E-state index < -0.39 is 6.04 Å². The summed E-state index contributed by atoms with van der Waals surface area (Å²) in [7, 11) is 1.58. The summed E-state index contributed by atoms with van der Waals surface area (Å²) in [5, 5.41) is 0.392. The minimum Gasteiger partial charge on any atom is -0.497 e. The molecule has 1 aliphatic heterocycles. The number of rotatable bonds is 4. The maximum atomic E-state index is 13.3. The lowest BCUT2D eigenvalue weighted by molar-refractivity contribution is 0.0716. The molecule has 6 nitrogen and oxygen atoms in total. The normalized spacial score (nSPS) is 15.7. The fourth-order valence-corrected chi connectivity index (χ4v) is 3.83. The Hall–Kier alpha value is -3.80. The molecule has 1 aliphatic rings. The number of nitrogens with zero attached hydrogens (tertiary/aromatic N) is 1. The van der Waals surface area contributed by atoms with Crippen LogP contribution in [0.25, 0.3) is 11.0 Å². The van der Waals surface area contributed by atoms with Crippen LogP contribution in [0.4, 0.5) is 0 Å². The number of hydrogen-bond acceptors (Lipinski definition) is 5. The first-order valence-corrected chi connectivity index (χ1v) is 9.20. The van der Waals surface area contributed by atoms with E-state index in [1.54, 1.807) is 54.7 Å². The van der Waals surface area contributed by atoms with E-state index in [2.05, 4.69) is 0 Å². The summed E-state index contributed by atoms with van der Waals surface area (Å²) in [6.45, 7) is 0.216. The Kier molecular flexibility index (Phi) is 3.98. The van der Waals surface area contributed by atoms with Gasteiger partial charge in [0.05, 0.1) is 25.3 Å². The molecule has 29 heavy (non-hydrogen) atoms. The third-order valence-electron chi connectivity index (χ3n) is 5.18. The molecule has 0 N–H and O–H groups in total. The van der Waals surface area contributed by atoms with Crippen molar-refractivity contribution in [3.63, 3.8) is 0 Å². The molecular formula is C23H17NO5. The molecule has 0 fully saturated rings. The smallest absolute Gasteiger partial charge is 0.262 e. The van der Waals surface area contributed by atoms with E-state index in [9.17, 15) is 9.59 Å². The SMILES string of the molecule is COc1cccc(C2c3oc4ccccc4c(=O)c3C(=O)N2Cc2ccco2)c1. The minimum absolute atomic E-state index is 0.0723. The standard InChI is InChI=1S/C23H17NO5/c1-27-15-7-4-6-14(12-15)20-22-19(21(25)17-9-2-3-10-18(17)29-22)23(26)24(20)13-16-8-5-11-28-16/h2-12,20H,13H2,1H3. The Balaban J connectivity index is 1.74. The van der Waals surface area contributed by atoms with Gasteiger partial charge in [-0.15, -0.1) is 0 Å². The summed E-state index contributed by atoms with van der Waals surface area (Å²) in [5.41, 5.74) is 1.00. The van der Waals surface area contributed by atoms with Gasteiger partial charge in [-0.3, -0.25) is 9.59 Å². The minimum atomic E-state index is -0.560. The van der Waals surface area contributed by atoms with Crippen LogP contribution < -0.4 is 10.2 Å². The maximum absolute atomic E-state index is 13.3. The molecule has 4 aromatic rings. The highest BCUT2D eigenvalue weighted by Gasteiger charge is 2.43. The second-order valence-electron chi connectivity index (χ2n) is 6.86. The van der Waals surface area contributed by atoms with Crippen LogP contribution in [0.15, 0.2) is 80.6 Å². The topological polar surface area (TPSA) is 72.9 Å². The Labute approximate surface area is 165 Å². The number of carbonyl (C=O) groups excluding carboxylic acids is 1. The van der Waals surface area contributed by atoms with Crippen molar-refractivity contribution in [3.05, 3.63) is 99.8 Å². The summed E-state index contributed by atoms with van der Waals surface area (Å²) in [5.74, 6) is 1.25. The van der Waals surface area contributed by atoms with Crippen LogP contribution in [0.3, 0.4) is 0 Å². The van der Waals surface area contributed by atoms with Crippen LogP contribution in [0.2, 0.25) is 0 Å². The van der Waals surface area contributed by atoms with Crippen molar-refractivity contribution in [2.24, 2.45) is 0 Å². The largest absolute Gasteiger partial charge is 0.497 e. The lowest BCUT2D eigenvalue weighted by Gasteiger charge is -2.24. The molecule has 6 heteroatoms. The molecule has 2 aromatic heterocycles. The summed E-state index contributed by atoms with van der Waals surface area (Å²) < 4.78 is 16.9. The van der Waals surface area contributed by atoms with Crippen LogP contribution in [0.5, 0.6) is 5.75 Å². The summed E-state index contributed by atoms with van der Waals surface area (Å²) in [6, 6.07) is 17.4. The highest BCUT2D eigenvalue weighted by molar-refractivity contribution is 6.01. The van der Waals surface area contributed by atoms with Crippen LogP contribution in [0.1, 0.15) is 33.5 Å². The zero-order valence-electron chi connectivity index (χ0n) is 15.6. The van der Waals surface area contributed by atoms with Gasteiger partial charge in [-0.1, -0.05) is 24.3 Å². The predicted octanol–water partition coefficient (Wildman–Crippen LogP) is 4.14. The van der Waals surface area contributed by atoms with Gasteiger partial charge in [0, 0.05) is 0 Å². The fraction of sp³-hybridized carbons (Fsp3) is 0.130. The van der Waals surface area contributed by atoms with Gasteiger partial charge in [0.2, 0.25) is 5.43 Å². The lowest BCUT2D eigenvalue weighted by atomic mass is 10.0. The number of furan rings is 1. The van der Waals surface area contributed by atoms with Crippen molar-refractivity contribution in [2.75, 3.05) is 7.11 Å². The highest BCUT2D eigenvalue weighted by Crippen LogP contribution is 2.40.